The maximum absolute atomic E-state index is 11.5. The molecule has 0 aromatic heterocycles. The van der Waals surface area contributed by atoms with Gasteiger partial charge in [0.15, 0.2) is 0 Å². The van der Waals surface area contributed by atoms with E-state index in [1.54, 1.807) is 6.07 Å². The summed E-state index contributed by atoms with van der Waals surface area (Å²) in [7, 11) is 1.30. The second kappa shape index (κ2) is 6.39. The number of amides is 1. The van der Waals surface area contributed by atoms with E-state index in [0.717, 1.165) is 15.7 Å². The highest BCUT2D eigenvalue weighted by Gasteiger charge is 2.07. The zero-order valence-electron chi connectivity index (χ0n) is 9.75. The zero-order valence-corrected chi connectivity index (χ0v) is 11.3. The number of hydrogen-bond acceptors (Lipinski definition) is 3. The van der Waals surface area contributed by atoms with Crippen LogP contribution in [0.3, 0.4) is 0 Å². The van der Waals surface area contributed by atoms with Gasteiger partial charge >= 0.3 is 5.97 Å². The molecule has 0 saturated heterocycles. The average Bonchev–Trinajstić information content (AvgIpc) is 2.31. The van der Waals surface area contributed by atoms with Crippen molar-refractivity contribution in [1.29, 1.82) is 0 Å². The van der Waals surface area contributed by atoms with Gasteiger partial charge in [0, 0.05) is 16.6 Å². The van der Waals surface area contributed by atoms with Crippen LogP contribution in [-0.2, 0) is 14.3 Å². The number of anilines is 1. The smallest absolute Gasteiger partial charge is 0.306 e. The molecule has 0 radical (unpaired) electrons. The van der Waals surface area contributed by atoms with Crippen LogP contribution in [0.25, 0.3) is 0 Å². The number of carbonyl (C=O) groups is 2. The predicted molar refractivity (Wildman–Crippen MR) is 68.8 cm³/mol. The van der Waals surface area contributed by atoms with Gasteiger partial charge in [0.1, 0.15) is 0 Å². The summed E-state index contributed by atoms with van der Waals surface area (Å²) in [6, 6.07) is 5.53. The highest BCUT2D eigenvalue weighted by molar-refractivity contribution is 9.10. The Morgan fingerprint density at radius 2 is 2.06 bits per heavy atom. The highest BCUT2D eigenvalue weighted by Crippen LogP contribution is 2.20. The Labute approximate surface area is 108 Å². The number of aryl methyl sites for hydroxylation is 1. The van der Waals surface area contributed by atoms with Gasteiger partial charge in [0.2, 0.25) is 5.91 Å². The molecule has 1 aromatic carbocycles. The maximum Gasteiger partial charge on any atom is 0.306 e. The topological polar surface area (TPSA) is 55.4 Å². The monoisotopic (exact) mass is 299 g/mol. The lowest BCUT2D eigenvalue weighted by Gasteiger charge is -2.06. The summed E-state index contributed by atoms with van der Waals surface area (Å²) in [5, 5.41) is 2.72. The number of benzene rings is 1. The van der Waals surface area contributed by atoms with Gasteiger partial charge in [-0.05, 0) is 30.7 Å². The molecule has 1 amide bonds. The Morgan fingerprint density at radius 3 is 2.65 bits per heavy atom. The highest BCUT2D eigenvalue weighted by atomic mass is 79.9. The number of hydrogen-bond donors (Lipinski definition) is 1. The molecule has 92 valence electrons. The van der Waals surface area contributed by atoms with E-state index in [2.05, 4.69) is 26.0 Å². The van der Waals surface area contributed by atoms with Crippen LogP contribution in [-0.4, -0.2) is 19.0 Å². The molecular formula is C12H14BrNO3. The van der Waals surface area contributed by atoms with Crippen molar-refractivity contribution in [2.45, 2.75) is 19.8 Å². The first-order valence-electron chi connectivity index (χ1n) is 5.15. The third-order valence-corrected chi connectivity index (χ3v) is 3.12. The molecule has 0 bridgehead atoms. The van der Waals surface area contributed by atoms with Gasteiger partial charge in [-0.3, -0.25) is 9.59 Å². The summed E-state index contributed by atoms with van der Waals surface area (Å²) in [4.78, 5) is 22.4. The lowest BCUT2D eigenvalue weighted by molar-refractivity contribution is -0.141. The summed E-state index contributed by atoms with van der Waals surface area (Å²) >= 11 is 3.38. The first-order chi connectivity index (χ1) is 8.02. The summed E-state index contributed by atoms with van der Waals surface area (Å²) < 4.78 is 5.45. The van der Waals surface area contributed by atoms with Gasteiger partial charge in [-0.1, -0.05) is 15.9 Å². The van der Waals surface area contributed by atoms with Crippen molar-refractivity contribution in [3.8, 4) is 0 Å². The number of esters is 1. The molecule has 1 aromatic rings. The van der Waals surface area contributed by atoms with Crippen molar-refractivity contribution in [1.82, 2.24) is 0 Å². The maximum atomic E-state index is 11.5. The Morgan fingerprint density at radius 1 is 1.35 bits per heavy atom. The van der Waals surface area contributed by atoms with Crippen molar-refractivity contribution in [2.75, 3.05) is 12.4 Å². The number of carbonyl (C=O) groups excluding carboxylic acids is 2. The van der Waals surface area contributed by atoms with E-state index in [1.165, 1.54) is 7.11 Å². The molecule has 0 saturated carbocycles. The number of rotatable bonds is 4. The Kier molecular flexibility index (Phi) is 5.15. The third-order valence-electron chi connectivity index (χ3n) is 2.23. The van der Waals surface area contributed by atoms with Crippen LogP contribution in [0.15, 0.2) is 22.7 Å². The normalized spacial score (nSPS) is 9.82. The second-order valence-corrected chi connectivity index (χ2v) is 4.44. The van der Waals surface area contributed by atoms with Gasteiger partial charge in [0.25, 0.3) is 0 Å². The van der Waals surface area contributed by atoms with Crippen molar-refractivity contribution in [3.05, 3.63) is 28.2 Å². The third kappa shape index (κ3) is 4.56. The fourth-order valence-corrected chi connectivity index (χ4v) is 1.51. The van der Waals surface area contributed by atoms with E-state index in [9.17, 15) is 9.59 Å². The molecule has 1 N–H and O–H groups in total. The predicted octanol–water partition coefficient (Wildman–Crippen LogP) is 2.65. The second-order valence-electron chi connectivity index (χ2n) is 3.59. The van der Waals surface area contributed by atoms with Crippen molar-refractivity contribution >= 4 is 33.5 Å². The first kappa shape index (κ1) is 13.7. The van der Waals surface area contributed by atoms with Gasteiger partial charge in [0.05, 0.1) is 13.5 Å². The zero-order chi connectivity index (χ0) is 12.8. The minimum Gasteiger partial charge on any atom is -0.469 e. The summed E-state index contributed by atoms with van der Waals surface area (Å²) in [5.74, 6) is -0.579. The minimum absolute atomic E-state index is 0.0951. The van der Waals surface area contributed by atoms with Crippen LogP contribution < -0.4 is 5.32 Å². The minimum atomic E-state index is -0.382. The number of halogens is 1. The van der Waals surface area contributed by atoms with E-state index in [4.69, 9.17) is 0 Å². The van der Waals surface area contributed by atoms with E-state index in [1.807, 2.05) is 19.1 Å². The van der Waals surface area contributed by atoms with E-state index >= 15 is 0 Å². The first-order valence-corrected chi connectivity index (χ1v) is 5.95. The SMILES string of the molecule is COC(=O)CCC(=O)Nc1ccc(Br)c(C)c1. The van der Waals surface area contributed by atoms with Crippen LogP contribution in [0.5, 0.6) is 0 Å². The van der Waals surface area contributed by atoms with Gasteiger partial charge in [-0.2, -0.15) is 0 Å². The molecule has 0 aliphatic heterocycles. The fourth-order valence-electron chi connectivity index (χ4n) is 1.26. The Bertz CT molecular complexity index is 432. The number of methoxy groups -OCH3 is 1. The molecular weight excluding hydrogens is 286 g/mol. The Hall–Kier alpha value is -1.36. The summed E-state index contributed by atoms with van der Waals surface area (Å²) in [6.45, 7) is 1.94. The van der Waals surface area contributed by atoms with Gasteiger partial charge < -0.3 is 10.1 Å². The molecule has 5 heteroatoms. The Balaban J connectivity index is 2.50. The molecule has 0 atom stereocenters. The van der Waals surface area contributed by atoms with Gasteiger partial charge in [-0.25, -0.2) is 0 Å². The molecule has 0 aliphatic carbocycles. The molecule has 0 spiro atoms. The summed E-state index contributed by atoms with van der Waals surface area (Å²) in [5.41, 5.74) is 1.76. The van der Waals surface area contributed by atoms with Crippen molar-refractivity contribution < 1.29 is 14.3 Å². The van der Waals surface area contributed by atoms with E-state index in [0.29, 0.717) is 0 Å². The van der Waals surface area contributed by atoms with Crippen LogP contribution in [0, 0.1) is 6.92 Å². The standard InChI is InChI=1S/C12H14BrNO3/c1-8-7-9(3-4-10(8)13)14-11(15)5-6-12(16)17-2/h3-4,7H,5-6H2,1-2H3,(H,14,15). The van der Waals surface area contributed by atoms with Crippen LogP contribution >= 0.6 is 15.9 Å². The number of ether oxygens (including phenoxy) is 1. The lowest BCUT2D eigenvalue weighted by atomic mass is 10.2. The molecule has 0 unspecified atom stereocenters. The lowest BCUT2D eigenvalue weighted by Crippen LogP contribution is -2.13. The van der Waals surface area contributed by atoms with Gasteiger partial charge in [-0.15, -0.1) is 0 Å². The quantitative estimate of drug-likeness (QED) is 0.870. The fraction of sp³-hybridized carbons (Fsp3) is 0.333. The van der Waals surface area contributed by atoms with Crippen LogP contribution in [0.1, 0.15) is 18.4 Å². The largest absolute Gasteiger partial charge is 0.469 e. The van der Waals surface area contributed by atoms with Crippen LogP contribution in [0.4, 0.5) is 5.69 Å². The molecule has 0 fully saturated rings. The van der Waals surface area contributed by atoms with E-state index in [-0.39, 0.29) is 24.7 Å². The summed E-state index contributed by atoms with van der Waals surface area (Å²) in [6.07, 6.45) is 0.222. The van der Waals surface area contributed by atoms with Crippen LogP contribution in [0.2, 0.25) is 0 Å². The van der Waals surface area contributed by atoms with Crippen molar-refractivity contribution in [3.63, 3.8) is 0 Å². The molecule has 0 aliphatic rings. The number of nitrogens with one attached hydrogen (secondary N) is 1. The average molecular weight is 300 g/mol. The molecule has 1 rings (SSSR count). The molecule has 17 heavy (non-hydrogen) atoms. The molecule has 4 nitrogen and oxygen atoms in total. The van der Waals surface area contributed by atoms with E-state index < -0.39 is 0 Å². The molecule has 0 heterocycles. The van der Waals surface area contributed by atoms with Crippen molar-refractivity contribution in [2.24, 2.45) is 0 Å².